The Bertz CT molecular complexity index is 277. The van der Waals surface area contributed by atoms with Gasteiger partial charge in [0.2, 0.25) is 0 Å². The summed E-state index contributed by atoms with van der Waals surface area (Å²) in [5.41, 5.74) is 0. The van der Waals surface area contributed by atoms with Gasteiger partial charge in [-0.05, 0) is 60.2 Å². The molecule has 0 spiro atoms. The summed E-state index contributed by atoms with van der Waals surface area (Å²) in [4.78, 5) is 0. The predicted octanol–water partition coefficient (Wildman–Crippen LogP) is 1.13. The Kier molecular flexibility index (Phi) is 0.609. The van der Waals surface area contributed by atoms with Crippen LogP contribution in [0.25, 0.3) is 0 Å². The molecular weight excluding hydrogens is 148 g/mol. The maximum absolute atomic E-state index is 10.1. The van der Waals surface area contributed by atoms with Gasteiger partial charge in [-0.3, -0.25) is 0 Å². The van der Waals surface area contributed by atoms with E-state index in [2.05, 4.69) is 0 Å². The first-order valence-corrected chi connectivity index (χ1v) is 5.56. The molecule has 0 aromatic heterocycles. The van der Waals surface area contributed by atoms with Crippen molar-refractivity contribution in [3.8, 4) is 0 Å². The molecule has 9 atom stereocenters. The van der Waals surface area contributed by atoms with E-state index in [9.17, 15) is 5.11 Å². The lowest BCUT2D eigenvalue weighted by Gasteiger charge is -2.46. The molecular formula is C11H14O. The number of rotatable bonds is 0. The average molecular weight is 162 g/mol. The van der Waals surface area contributed by atoms with E-state index < -0.39 is 0 Å². The highest BCUT2D eigenvalue weighted by Crippen LogP contribution is 2.82. The fourth-order valence-electron chi connectivity index (χ4n) is 6.42. The van der Waals surface area contributed by atoms with Gasteiger partial charge in [-0.1, -0.05) is 0 Å². The van der Waals surface area contributed by atoms with Gasteiger partial charge in [-0.25, -0.2) is 0 Å². The highest BCUT2D eigenvalue weighted by atomic mass is 16.3. The van der Waals surface area contributed by atoms with Crippen molar-refractivity contribution < 1.29 is 5.11 Å². The molecule has 0 heterocycles. The molecule has 5 aliphatic rings. The molecule has 1 N–H and O–H groups in total. The van der Waals surface area contributed by atoms with E-state index in [1.807, 2.05) is 0 Å². The molecule has 0 amide bonds. The van der Waals surface area contributed by atoms with Crippen LogP contribution in [0.3, 0.4) is 0 Å². The normalized spacial score (nSPS) is 85.2. The van der Waals surface area contributed by atoms with Crippen LogP contribution in [0.2, 0.25) is 0 Å². The van der Waals surface area contributed by atoms with Crippen molar-refractivity contribution in [2.75, 3.05) is 0 Å². The second-order valence-corrected chi connectivity index (χ2v) is 5.93. The third-order valence-corrected chi connectivity index (χ3v) is 6.28. The average Bonchev–Trinajstić information content (AvgIpc) is 2.47. The van der Waals surface area contributed by atoms with E-state index >= 15 is 0 Å². The number of aliphatic hydroxyl groups is 1. The lowest BCUT2D eigenvalue weighted by molar-refractivity contribution is -0.0494. The van der Waals surface area contributed by atoms with Crippen LogP contribution >= 0.6 is 0 Å². The van der Waals surface area contributed by atoms with E-state index in [1.165, 1.54) is 12.8 Å². The molecule has 1 nitrogen and oxygen atoms in total. The van der Waals surface area contributed by atoms with Gasteiger partial charge < -0.3 is 5.11 Å². The van der Waals surface area contributed by atoms with Crippen LogP contribution < -0.4 is 0 Å². The topological polar surface area (TPSA) is 20.2 Å². The minimum atomic E-state index is 0.146. The molecule has 5 fully saturated rings. The van der Waals surface area contributed by atoms with Crippen molar-refractivity contribution >= 4 is 0 Å². The van der Waals surface area contributed by atoms with E-state index in [-0.39, 0.29) is 6.10 Å². The molecule has 0 unspecified atom stereocenters. The van der Waals surface area contributed by atoms with Crippen molar-refractivity contribution in [2.24, 2.45) is 47.3 Å². The molecule has 12 heavy (non-hydrogen) atoms. The van der Waals surface area contributed by atoms with Crippen molar-refractivity contribution in [2.45, 2.75) is 18.9 Å². The quantitative estimate of drug-likeness (QED) is 0.566. The van der Waals surface area contributed by atoms with Crippen LogP contribution in [-0.2, 0) is 0 Å². The molecule has 64 valence electrons. The Balaban J connectivity index is 1.86. The molecule has 5 aliphatic carbocycles. The summed E-state index contributed by atoms with van der Waals surface area (Å²) in [5.74, 6) is 7.73. The smallest absolute Gasteiger partial charge is 0.0607 e. The molecule has 0 aromatic carbocycles. The lowest BCUT2D eigenvalue weighted by atomic mass is 9.59. The van der Waals surface area contributed by atoms with Crippen LogP contribution in [-0.4, -0.2) is 11.2 Å². The first-order chi connectivity index (χ1) is 5.88. The first kappa shape index (κ1) is 5.64. The maximum Gasteiger partial charge on any atom is 0.0607 e. The van der Waals surface area contributed by atoms with Crippen LogP contribution in [0, 0.1) is 47.3 Å². The fraction of sp³-hybridized carbons (Fsp3) is 1.00. The van der Waals surface area contributed by atoms with Gasteiger partial charge in [-0.15, -0.1) is 0 Å². The Morgan fingerprint density at radius 2 is 1.33 bits per heavy atom. The maximum atomic E-state index is 10.1. The standard InChI is InChI=1S/C11H14O/c12-11-8-4-2-5-7-3(4)1-6(8)9(7)10(5)11/h3-12H,1-2H2/t3-,4-,5-,6+,7-,8-,9-,10+,11-/m1/s1. The highest BCUT2D eigenvalue weighted by molar-refractivity contribution is 5.27. The van der Waals surface area contributed by atoms with Gasteiger partial charge in [0.15, 0.2) is 0 Å². The van der Waals surface area contributed by atoms with Crippen LogP contribution in [0.1, 0.15) is 12.8 Å². The number of fused-ring (bicyclic) bond motifs is 2. The van der Waals surface area contributed by atoms with Crippen LogP contribution in [0.5, 0.6) is 0 Å². The van der Waals surface area contributed by atoms with Gasteiger partial charge in [0, 0.05) is 0 Å². The number of hydrogen-bond donors (Lipinski definition) is 1. The second kappa shape index (κ2) is 1.30. The van der Waals surface area contributed by atoms with Crippen molar-refractivity contribution in [1.82, 2.24) is 0 Å². The van der Waals surface area contributed by atoms with Gasteiger partial charge in [0.1, 0.15) is 0 Å². The van der Waals surface area contributed by atoms with E-state index in [0.29, 0.717) is 0 Å². The zero-order valence-corrected chi connectivity index (χ0v) is 7.06. The fourth-order valence-corrected chi connectivity index (χ4v) is 6.42. The molecule has 0 saturated heterocycles. The van der Waals surface area contributed by atoms with E-state index in [4.69, 9.17) is 0 Å². The summed E-state index contributed by atoms with van der Waals surface area (Å²) in [6.07, 6.45) is 3.16. The summed E-state index contributed by atoms with van der Waals surface area (Å²) >= 11 is 0. The largest absolute Gasteiger partial charge is 0.393 e. The summed E-state index contributed by atoms with van der Waals surface area (Å²) in [6, 6.07) is 0. The highest BCUT2D eigenvalue weighted by Gasteiger charge is 2.80. The summed E-state index contributed by atoms with van der Waals surface area (Å²) in [5, 5.41) is 10.1. The van der Waals surface area contributed by atoms with Gasteiger partial charge in [0.05, 0.1) is 6.10 Å². The minimum absolute atomic E-state index is 0.146. The van der Waals surface area contributed by atoms with Crippen molar-refractivity contribution in [3.63, 3.8) is 0 Å². The molecule has 1 heteroatoms. The molecule has 5 saturated carbocycles. The molecule has 2 bridgehead atoms. The Labute approximate surface area is 72.2 Å². The van der Waals surface area contributed by atoms with E-state index in [0.717, 1.165) is 47.3 Å². The number of hydrogen-bond acceptors (Lipinski definition) is 1. The lowest BCUT2D eigenvalue weighted by Crippen LogP contribution is -2.45. The van der Waals surface area contributed by atoms with Gasteiger partial charge >= 0.3 is 0 Å². The first-order valence-electron chi connectivity index (χ1n) is 5.56. The predicted molar refractivity (Wildman–Crippen MR) is 43.2 cm³/mol. The molecule has 0 aromatic rings. The molecule has 5 rings (SSSR count). The van der Waals surface area contributed by atoms with Gasteiger partial charge in [0.25, 0.3) is 0 Å². The second-order valence-electron chi connectivity index (χ2n) is 5.93. The number of aliphatic hydroxyl groups excluding tert-OH is 1. The van der Waals surface area contributed by atoms with Gasteiger partial charge in [-0.2, -0.15) is 0 Å². The Hall–Kier alpha value is -0.0400. The molecule has 0 radical (unpaired) electrons. The summed E-state index contributed by atoms with van der Waals surface area (Å²) in [7, 11) is 0. The van der Waals surface area contributed by atoms with Crippen molar-refractivity contribution in [1.29, 1.82) is 0 Å². The van der Waals surface area contributed by atoms with E-state index in [1.54, 1.807) is 0 Å². The van der Waals surface area contributed by atoms with Crippen molar-refractivity contribution in [3.05, 3.63) is 0 Å². The summed E-state index contributed by atoms with van der Waals surface area (Å²) < 4.78 is 0. The molecule has 0 aliphatic heterocycles. The SMILES string of the molecule is O[C@@H]1[C@@H]2[C@@H]3C[C@@H]4[C@H]5[C@@H]3C[C@@H]2[C@H]5[C@@H]14. The summed E-state index contributed by atoms with van der Waals surface area (Å²) in [6.45, 7) is 0. The monoisotopic (exact) mass is 162 g/mol. The zero-order valence-electron chi connectivity index (χ0n) is 7.06. The Morgan fingerprint density at radius 3 is 2.17 bits per heavy atom. The van der Waals surface area contributed by atoms with Crippen LogP contribution in [0.4, 0.5) is 0 Å². The third-order valence-electron chi connectivity index (χ3n) is 6.28. The third kappa shape index (κ3) is 0.296. The Morgan fingerprint density at radius 1 is 0.667 bits per heavy atom. The zero-order chi connectivity index (χ0) is 7.61. The minimum Gasteiger partial charge on any atom is -0.393 e. The van der Waals surface area contributed by atoms with Crippen LogP contribution in [0.15, 0.2) is 0 Å².